The highest BCUT2D eigenvalue weighted by Gasteiger charge is 2.15. The first kappa shape index (κ1) is 21.5. The van der Waals surface area contributed by atoms with Crippen LogP contribution >= 0.6 is 15.9 Å². The number of halogens is 1. The third-order valence-electron chi connectivity index (χ3n) is 4.55. The molecule has 146 valence electrons. The van der Waals surface area contributed by atoms with Crippen molar-refractivity contribution >= 4 is 27.5 Å². The normalized spacial score (nSPS) is 11.4. The van der Waals surface area contributed by atoms with Gasteiger partial charge in [0.1, 0.15) is 5.75 Å². The largest absolute Gasteiger partial charge is 0.492 e. The first-order valence-electron chi connectivity index (χ1n) is 9.38. The number of carbonyl (C=O) groups excluding carboxylic acids is 1. The fourth-order valence-corrected chi connectivity index (χ4v) is 3.57. The average Bonchev–Trinajstić information content (AvgIpc) is 2.55. The van der Waals surface area contributed by atoms with E-state index >= 15 is 0 Å². The van der Waals surface area contributed by atoms with Crippen molar-refractivity contribution in [2.75, 3.05) is 11.9 Å². The number of aryl methyl sites for hydroxylation is 3. The van der Waals surface area contributed by atoms with Gasteiger partial charge in [0.15, 0.2) is 0 Å². The van der Waals surface area contributed by atoms with Gasteiger partial charge in [0.2, 0.25) is 5.91 Å². The number of hydrogen-bond donors (Lipinski definition) is 1. The maximum absolute atomic E-state index is 12.3. The van der Waals surface area contributed by atoms with Crippen LogP contribution in [0.15, 0.2) is 34.8 Å². The molecule has 4 heteroatoms. The average molecular weight is 432 g/mol. The van der Waals surface area contributed by atoms with Crippen molar-refractivity contribution in [3.8, 4) is 5.75 Å². The second-order valence-electron chi connectivity index (χ2n) is 8.17. The Hall–Kier alpha value is -1.81. The van der Waals surface area contributed by atoms with E-state index in [2.05, 4.69) is 73.2 Å². The number of carbonyl (C=O) groups is 1. The summed E-state index contributed by atoms with van der Waals surface area (Å²) in [5, 5.41) is 3.04. The Morgan fingerprint density at radius 3 is 2.26 bits per heavy atom. The van der Waals surface area contributed by atoms with Crippen LogP contribution < -0.4 is 10.1 Å². The Bertz CT molecular complexity index is 799. The number of nitrogens with one attached hydrogen (secondary N) is 1. The maximum Gasteiger partial charge on any atom is 0.224 e. The molecule has 0 heterocycles. The summed E-state index contributed by atoms with van der Waals surface area (Å²) in [5.74, 6) is 0.837. The molecule has 0 aliphatic carbocycles. The van der Waals surface area contributed by atoms with Crippen LogP contribution in [-0.4, -0.2) is 12.5 Å². The Labute approximate surface area is 171 Å². The summed E-state index contributed by atoms with van der Waals surface area (Å²) in [6.45, 7) is 13.2. The van der Waals surface area contributed by atoms with Crippen molar-refractivity contribution in [1.29, 1.82) is 0 Å². The Morgan fingerprint density at radius 1 is 1.07 bits per heavy atom. The molecule has 0 saturated heterocycles. The lowest BCUT2D eigenvalue weighted by molar-refractivity contribution is -0.116. The Morgan fingerprint density at radius 2 is 1.70 bits per heavy atom. The molecule has 27 heavy (non-hydrogen) atoms. The van der Waals surface area contributed by atoms with Crippen molar-refractivity contribution in [3.05, 3.63) is 57.1 Å². The van der Waals surface area contributed by atoms with Gasteiger partial charge < -0.3 is 10.1 Å². The minimum atomic E-state index is 0.0239. The monoisotopic (exact) mass is 431 g/mol. The number of amides is 1. The fourth-order valence-electron chi connectivity index (χ4n) is 3.08. The van der Waals surface area contributed by atoms with Crippen molar-refractivity contribution in [3.63, 3.8) is 0 Å². The second-order valence-corrected chi connectivity index (χ2v) is 9.02. The lowest BCUT2D eigenvalue weighted by Crippen LogP contribution is -2.15. The molecule has 0 unspecified atom stereocenters. The van der Waals surface area contributed by atoms with Gasteiger partial charge in [-0.25, -0.2) is 0 Å². The van der Waals surface area contributed by atoms with Crippen LogP contribution in [0, 0.1) is 20.8 Å². The third kappa shape index (κ3) is 6.10. The molecule has 0 aliphatic rings. The standard InChI is InChI=1S/C23H30BrNO2/c1-15-12-16(2)22(17(3)13-15)25-21(26)8-7-11-27-20-10-9-18(14-19(20)24)23(4,5)6/h9-10,12-14H,7-8,11H2,1-6H3,(H,25,26). The van der Waals surface area contributed by atoms with Crippen LogP contribution in [0.5, 0.6) is 5.75 Å². The molecule has 0 fully saturated rings. The Kier molecular flexibility index (Phi) is 7.10. The van der Waals surface area contributed by atoms with Gasteiger partial charge in [-0.05, 0) is 77.4 Å². The molecule has 3 nitrogen and oxygen atoms in total. The lowest BCUT2D eigenvalue weighted by Gasteiger charge is -2.20. The number of anilines is 1. The predicted octanol–water partition coefficient (Wildman–Crippen LogP) is 6.47. The van der Waals surface area contributed by atoms with E-state index in [0.29, 0.717) is 19.4 Å². The molecule has 0 radical (unpaired) electrons. The summed E-state index contributed by atoms with van der Waals surface area (Å²) >= 11 is 3.58. The van der Waals surface area contributed by atoms with Crippen molar-refractivity contribution in [2.45, 2.75) is 59.8 Å². The van der Waals surface area contributed by atoms with Gasteiger partial charge in [-0.3, -0.25) is 4.79 Å². The summed E-state index contributed by atoms with van der Waals surface area (Å²) in [6.07, 6.45) is 1.10. The van der Waals surface area contributed by atoms with Crippen LogP contribution in [0.1, 0.15) is 55.9 Å². The van der Waals surface area contributed by atoms with Crippen LogP contribution in [-0.2, 0) is 10.2 Å². The van der Waals surface area contributed by atoms with E-state index < -0.39 is 0 Å². The van der Waals surface area contributed by atoms with Crippen molar-refractivity contribution < 1.29 is 9.53 Å². The van der Waals surface area contributed by atoms with E-state index in [4.69, 9.17) is 4.74 Å². The quantitative estimate of drug-likeness (QED) is 0.532. The minimum Gasteiger partial charge on any atom is -0.492 e. The zero-order chi connectivity index (χ0) is 20.2. The van der Waals surface area contributed by atoms with E-state index in [1.165, 1.54) is 11.1 Å². The van der Waals surface area contributed by atoms with Gasteiger partial charge in [-0.1, -0.05) is 44.5 Å². The van der Waals surface area contributed by atoms with E-state index in [9.17, 15) is 4.79 Å². The van der Waals surface area contributed by atoms with Crippen LogP contribution in [0.25, 0.3) is 0 Å². The first-order valence-corrected chi connectivity index (χ1v) is 10.2. The second kappa shape index (κ2) is 8.92. The highest BCUT2D eigenvalue weighted by molar-refractivity contribution is 9.10. The molecule has 0 spiro atoms. The predicted molar refractivity (Wildman–Crippen MR) is 117 cm³/mol. The number of benzene rings is 2. The molecule has 0 aromatic heterocycles. The minimum absolute atomic E-state index is 0.0239. The number of ether oxygens (including phenoxy) is 1. The van der Waals surface area contributed by atoms with E-state index in [0.717, 1.165) is 27.0 Å². The molecule has 1 amide bonds. The van der Waals surface area contributed by atoms with E-state index in [-0.39, 0.29) is 11.3 Å². The van der Waals surface area contributed by atoms with Crippen LogP contribution in [0.4, 0.5) is 5.69 Å². The first-order chi connectivity index (χ1) is 12.6. The topological polar surface area (TPSA) is 38.3 Å². The smallest absolute Gasteiger partial charge is 0.224 e. The molecule has 0 bridgehead atoms. The highest BCUT2D eigenvalue weighted by Crippen LogP contribution is 2.31. The van der Waals surface area contributed by atoms with Crippen molar-refractivity contribution in [2.24, 2.45) is 0 Å². The number of rotatable bonds is 6. The Balaban J connectivity index is 1.84. The molecule has 2 aromatic carbocycles. The van der Waals surface area contributed by atoms with Gasteiger partial charge in [0.25, 0.3) is 0 Å². The molecule has 2 rings (SSSR count). The molecule has 0 saturated carbocycles. The zero-order valence-electron chi connectivity index (χ0n) is 17.2. The zero-order valence-corrected chi connectivity index (χ0v) is 18.8. The van der Waals surface area contributed by atoms with E-state index in [1.54, 1.807) is 0 Å². The lowest BCUT2D eigenvalue weighted by atomic mass is 9.87. The van der Waals surface area contributed by atoms with Gasteiger partial charge in [0, 0.05) is 12.1 Å². The van der Waals surface area contributed by atoms with E-state index in [1.807, 2.05) is 19.9 Å². The van der Waals surface area contributed by atoms with Gasteiger partial charge in [-0.2, -0.15) is 0 Å². The van der Waals surface area contributed by atoms with Crippen LogP contribution in [0.2, 0.25) is 0 Å². The maximum atomic E-state index is 12.3. The summed E-state index contributed by atoms with van der Waals surface area (Å²) in [6, 6.07) is 10.4. The SMILES string of the molecule is Cc1cc(C)c(NC(=O)CCCOc2ccc(C(C)(C)C)cc2Br)c(C)c1. The highest BCUT2D eigenvalue weighted by atomic mass is 79.9. The van der Waals surface area contributed by atoms with Gasteiger partial charge in [-0.15, -0.1) is 0 Å². The molecular formula is C23H30BrNO2. The van der Waals surface area contributed by atoms with Gasteiger partial charge in [0.05, 0.1) is 11.1 Å². The summed E-state index contributed by atoms with van der Waals surface area (Å²) < 4.78 is 6.79. The van der Waals surface area contributed by atoms with Crippen molar-refractivity contribution in [1.82, 2.24) is 0 Å². The summed E-state index contributed by atoms with van der Waals surface area (Å²) in [4.78, 5) is 12.3. The van der Waals surface area contributed by atoms with Gasteiger partial charge >= 0.3 is 0 Å². The molecular weight excluding hydrogens is 402 g/mol. The summed E-state index contributed by atoms with van der Waals surface area (Å²) in [5.41, 5.74) is 5.68. The molecule has 2 aromatic rings. The fraction of sp³-hybridized carbons (Fsp3) is 0.435. The van der Waals surface area contributed by atoms with Crippen LogP contribution in [0.3, 0.4) is 0 Å². The molecule has 1 N–H and O–H groups in total. The number of hydrogen-bond acceptors (Lipinski definition) is 2. The third-order valence-corrected chi connectivity index (χ3v) is 5.16. The molecule has 0 aliphatic heterocycles. The molecule has 0 atom stereocenters. The summed E-state index contributed by atoms with van der Waals surface area (Å²) in [7, 11) is 0.